The Kier molecular flexibility index (Phi) is 33.8. The van der Waals surface area contributed by atoms with Crippen LogP contribution in [0.15, 0.2) is 97.2 Å². The van der Waals surface area contributed by atoms with E-state index < -0.39 is 20.1 Å². The van der Waals surface area contributed by atoms with Crippen LogP contribution in [0.2, 0.25) is 0 Å². The molecule has 5 heteroatoms. The summed E-state index contributed by atoms with van der Waals surface area (Å²) >= 11 is 0. The molecule has 0 bridgehead atoms. The third-order valence-corrected chi connectivity index (χ3v) is 8.71. The van der Waals surface area contributed by atoms with E-state index >= 15 is 0 Å². The highest BCUT2D eigenvalue weighted by Crippen LogP contribution is 2.52. The van der Waals surface area contributed by atoms with E-state index in [-0.39, 0.29) is 0 Å². The van der Waals surface area contributed by atoms with Crippen molar-refractivity contribution in [1.82, 2.24) is 0 Å². The number of hydrogen-bond acceptors (Lipinski definition) is 3. The van der Waals surface area contributed by atoms with E-state index in [4.69, 9.17) is 9.05 Å². The molecule has 2 atom stereocenters. The van der Waals surface area contributed by atoms with E-state index in [0.29, 0.717) is 12.8 Å². The highest BCUT2D eigenvalue weighted by Gasteiger charge is 2.29. The van der Waals surface area contributed by atoms with E-state index in [1.165, 1.54) is 51.4 Å². The number of halogens is 1. The van der Waals surface area contributed by atoms with E-state index in [0.717, 1.165) is 64.2 Å². The smallest absolute Gasteiger partial charge is 0.281 e. The molecule has 0 N–H and O–H groups in total. The molecule has 0 saturated carbocycles. The maximum absolute atomic E-state index is 14.5. The molecule has 0 rings (SSSR count). The molecule has 0 aliphatic carbocycles. The second-order valence-corrected chi connectivity index (χ2v) is 13.6. The van der Waals surface area contributed by atoms with Crippen molar-refractivity contribution in [3.63, 3.8) is 0 Å². The minimum absolute atomic E-state index is 0.451. The van der Waals surface area contributed by atoms with Crippen LogP contribution in [0.4, 0.5) is 4.20 Å². The van der Waals surface area contributed by atoms with Crippen LogP contribution in [0.3, 0.4) is 0 Å². The van der Waals surface area contributed by atoms with Crippen molar-refractivity contribution in [3.8, 4) is 0 Å². The fourth-order valence-electron chi connectivity index (χ4n) is 4.73. The van der Waals surface area contributed by atoms with Gasteiger partial charge in [0.15, 0.2) is 0 Å². The first-order valence-corrected chi connectivity index (χ1v) is 20.2. The molecule has 0 radical (unpaired) electrons. The van der Waals surface area contributed by atoms with Gasteiger partial charge in [0.2, 0.25) is 0 Å². The molecular weight excluding hydrogens is 602 g/mol. The van der Waals surface area contributed by atoms with Crippen molar-refractivity contribution in [3.05, 3.63) is 97.2 Å². The lowest BCUT2D eigenvalue weighted by atomic mass is 10.1. The zero-order chi connectivity index (χ0) is 34.5. The summed E-state index contributed by atoms with van der Waals surface area (Å²) in [5.41, 5.74) is 0. The molecule has 0 aliphatic rings. The minimum atomic E-state index is -4.56. The molecule has 3 nitrogen and oxygen atoms in total. The summed E-state index contributed by atoms with van der Waals surface area (Å²) in [6.45, 7) is 7.98. The van der Waals surface area contributed by atoms with Gasteiger partial charge in [-0.15, -0.1) is 4.20 Å². The lowest BCUT2D eigenvalue weighted by Crippen LogP contribution is -2.10. The van der Waals surface area contributed by atoms with Crippen molar-refractivity contribution in [2.24, 2.45) is 0 Å². The molecule has 0 heterocycles. The first kappa shape index (κ1) is 45.0. The average Bonchev–Trinajstić information content (AvgIpc) is 3.03. The zero-order valence-corrected chi connectivity index (χ0v) is 31.5. The first-order valence-electron chi connectivity index (χ1n) is 18.8. The molecule has 0 aromatic carbocycles. The summed E-state index contributed by atoms with van der Waals surface area (Å²) in [6.07, 6.45) is 55.0. The second kappa shape index (κ2) is 35.3. The maximum atomic E-state index is 14.5. The van der Waals surface area contributed by atoms with Crippen molar-refractivity contribution in [2.45, 2.75) is 168 Å². The van der Waals surface area contributed by atoms with Gasteiger partial charge in [-0.25, -0.2) is 4.57 Å². The molecule has 0 aromatic heterocycles. The van der Waals surface area contributed by atoms with Crippen LogP contribution in [-0.2, 0) is 13.6 Å². The van der Waals surface area contributed by atoms with Gasteiger partial charge < -0.3 is 0 Å². The maximum Gasteiger partial charge on any atom is 0.513 e. The number of rotatable bonds is 32. The van der Waals surface area contributed by atoms with E-state index in [2.05, 4.69) is 111 Å². The van der Waals surface area contributed by atoms with Gasteiger partial charge >= 0.3 is 7.91 Å². The van der Waals surface area contributed by atoms with Crippen LogP contribution in [0.1, 0.15) is 156 Å². The van der Waals surface area contributed by atoms with Gasteiger partial charge in [-0.05, 0) is 117 Å². The van der Waals surface area contributed by atoms with Crippen molar-refractivity contribution in [2.75, 3.05) is 0 Å². The van der Waals surface area contributed by atoms with Gasteiger partial charge in [-0.1, -0.05) is 137 Å². The van der Waals surface area contributed by atoms with Gasteiger partial charge in [0, 0.05) is 0 Å². The van der Waals surface area contributed by atoms with Crippen LogP contribution in [0.25, 0.3) is 0 Å². The SMILES string of the molecule is CCCCC/C=C\C/C=C\C/C=C\C/C=C\CCCC(C)OP(=O)(F)OC(C)CCC/C=C\C/C=C\C/C=C\C/C=C\CCCCC. The van der Waals surface area contributed by atoms with Gasteiger partial charge in [-0.3, -0.25) is 9.05 Å². The summed E-state index contributed by atoms with van der Waals surface area (Å²) < 4.78 is 37.0. The van der Waals surface area contributed by atoms with Crippen LogP contribution in [0, 0.1) is 0 Å². The number of allylic oxidation sites excluding steroid dienone is 16. The Morgan fingerprint density at radius 3 is 0.979 bits per heavy atom. The summed E-state index contributed by atoms with van der Waals surface area (Å²) in [6, 6.07) is 0. The molecule has 268 valence electrons. The zero-order valence-electron chi connectivity index (χ0n) is 30.6. The highest BCUT2D eigenvalue weighted by atomic mass is 31.2. The second-order valence-electron chi connectivity index (χ2n) is 12.3. The standard InChI is InChI=1S/C42H70FO3P/c1-5-7-9-11-13-15-17-19-21-23-25-27-29-31-33-35-37-39-41(3)45-47(43,44)46-42(4)40-38-36-34-32-30-28-26-24-22-20-18-16-14-12-10-8-6-2/h13-16,19-22,25-28,31-34,41-42H,5-12,17-18,23-24,29-30,35-40H2,1-4H3/b15-13-,16-14-,21-19-,22-20-,27-25-,28-26-,33-31-,34-32-. The molecule has 0 aromatic rings. The molecule has 0 aliphatic heterocycles. The quantitative estimate of drug-likeness (QED) is 0.0405. The van der Waals surface area contributed by atoms with Crippen molar-refractivity contribution in [1.29, 1.82) is 0 Å². The summed E-state index contributed by atoms with van der Waals surface area (Å²) in [7, 11) is -4.56. The summed E-state index contributed by atoms with van der Waals surface area (Å²) in [4.78, 5) is 0. The van der Waals surface area contributed by atoms with Crippen LogP contribution in [-0.4, -0.2) is 12.2 Å². The Morgan fingerprint density at radius 1 is 0.447 bits per heavy atom. The summed E-state index contributed by atoms with van der Waals surface area (Å²) in [5, 5.41) is 0. The van der Waals surface area contributed by atoms with Crippen molar-refractivity contribution >= 4 is 7.91 Å². The topological polar surface area (TPSA) is 35.5 Å². The lowest BCUT2D eigenvalue weighted by molar-refractivity contribution is 0.0961. The summed E-state index contributed by atoms with van der Waals surface area (Å²) in [5.74, 6) is 0. The Morgan fingerprint density at radius 2 is 0.702 bits per heavy atom. The van der Waals surface area contributed by atoms with E-state index in [1.54, 1.807) is 13.8 Å². The fourth-order valence-corrected chi connectivity index (χ4v) is 5.85. The van der Waals surface area contributed by atoms with Crippen LogP contribution >= 0.6 is 7.91 Å². The normalized spacial score (nSPS) is 15.8. The van der Waals surface area contributed by atoms with E-state index in [1.807, 2.05) is 0 Å². The van der Waals surface area contributed by atoms with E-state index in [9.17, 15) is 8.76 Å². The molecule has 2 unspecified atom stereocenters. The molecule has 0 saturated heterocycles. The van der Waals surface area contributed by atoms with Gasteiger partial charge in [0.25, 0.3) is 0 Å². The molecule has 0 amide bonds. The molecule has 0 fully saturated rings. The minimum Gasteiger partial charge on any atom is -0.281 e. The highest BCUT2D eigenvalue weighted by molar-refractivity contribution is 7.48. The molecule has 0 spiro atoms. The molecular formula is C42H70FO3P. The van der Waals surface area contributed by atoms with Gasteiger partial charge in [-0.2, -0.15) is 0 Å². The lowest BCUT2D eigenvalue weighted by Gasteiger charge is -2.19. The van der Waals surface area contributed by atoms with Crippen molar-refractivity contribution < 1.29 is 17.8 Å². The largest absolute Gasteiger partial charge is 0.513 e. The third-order valence-electron chi connectivity index (χ3n) is 7.49. The third kappa shape index (κ3) is 36.7. The number of hydrogen-bond donors (Lipinski definition) is 0. The predicted octanol–water partition coefficient (Wildman–Crippen LogP) is 15.2. The Balaban J connectivity index is 3.84. The monoisotopic (exact) mass is 673 g/mol. The Labute approximate surface area is 290 Å². The van der Waals surface area contributed by atoms with Crippen LogP contribution in [0.5, 0.6) is 0 Å². The Hall–Kier alpha value is -2.00. The Bertz CT molecular complexity index is 898. The predicted molar refractivity (Wildman–Crippen MR) is 207 cm³/mol. The van der Waals surface area contributed by atoms with Gasteiger partial charge in [0.1, 0.15) is 0 Å². The average molecular weight is 673 g/mol. The number of unbranched alkanes of at least 4 members (excludes halogenated alkanes) is 8. The van der Waals surface area contributed by atoms with Gasteiger partial charge in [0.05, 0.1) is 12.2 Å². The van der Waals surface area contributed by atoms with Crippen LogP contribution < -0.4 is 0 Å². The fraction of sp³-hybridized carbons (Fsp3) is 0.619. The molecule has 47 heavy (non-hydrogen) atoms. The first-order chi connectivity index (χ1) is 22.9.